The number of nitrogens with zero attached hydrogens (tertiary/aromatic N) is 3. The quantitative estimate of drug-likeness (QED) is 0.714. The van der Waals surface area contributed by atoms with Crippen molar-refractivity contribution in [3.05, 3.63) is 23.5 Å². The van der Waals surface area contributed by atoms with E-state index in [1.807, 2.05) is 37.7 Å². The van der Waals surface area contributed by atoms with Crippen molar-refractivity contribution in [1.29, 1.82) is 0 Å². The molecule has 0 atom stereocenters. The second kappa shape index (κ2) is 2.73. The second-order valence-corrected chi connectivity index (χ2v) is 3.23. The largest absolute Gasteiger partial charge is 0.282 e. The van der Waals surface area contributed by atoms with Gasteiger partial charge in [0, 0.05) is 18.4 Å². The van der Waals surface area contributed by atoms with Crippen LogP contribution in [0.5, 0.6) is 0 Å². The summed E-state index contributed by atoms with van der Waals surface area (Å²) in [4.78, 5) is 0. The molecule has 1 N–H and O–H groups in total. The molecule has 13 heavy (non-hydrogen) atoms. The van der Waals surface area contributed by atoms with Gasteiger partial charge >= 0.3 is 0 Å². The van der Waals surface area contributed by atoms with Crippen LogP contribution in [0.25, 0.3) is 11.4 Å². The Morgan fingerprint density at radius 1 is 1.23 bits per heavy atom. The van der Waals surface area contributed by atoms with Crippen molar-refractivity contribution >= 4 is 0 Å². The van der Waals surface area contributed by atoms with Gasteiger partial charge in [0.1, 0.15) is 11.4 Å². The summed E-state index contributed by atoms with van der Waals surface area (Å²) in [6, 6.07) is 4.01. The Bertz CT molecular complexity index is 405. The molecule has 0 saturated carbocycles. The molecule has 0 aliphatic carbocycles. The van der Waals surface area contributed by atoms with Crippen LogP contribution in [-0.4, -0.2) is 20.0 Å². The van der Waals surface area contributed by atoms with E-state index in [4.69, 9.17) is 0 Å². The first-order chi connectivity index (χ1) is 6.16. The fraction of sp³-hybridized carbons (Fsp3) is 0.333. The van der Waals surface area contributed by atoms with E-state index in [9.17, 15) is 0 Å². The lowest BCUT2D eigenvalue weighted by atomic mass is 10.3. The molecule has 0 bridgehead atoms. The Balaban J connectivity index is 2.46. The molecule has 0 aliphatic rings. The molecule has 0 amide bonds. The van der Waals surface area contributed by atoms with E-state index >= 15 is 0 Å². The highest BCUT2D eigenvalue weighted by Crippen LogP contribution is 2.16. The van der Waals surface area contributed by atoms with E-state index in [1.165, 1.54) is 0 Å². The van der Waals surface area contributed by atoms with Gasteiger partial charge in [0.05, 0.1) is 0 Å². The molecule has 0 radical (unpaired) electrons. The van der Waals surface area contributed by atoms with Crippen LogP contribution < -0.4 is 0 Å². The first-order valence-electron chi connectivity index (χ1n) is 4.20. The molecule has 68 valence electrons. The molecule has 2 aromatic rings. The van der Waals surface area contributed by atoms with Gasteiger partial charge in [-0.3, -0.25) is 9.78 Å². The van der Waals surface area contributed by atoms with E-state index in [0.29, 0.717) is 0 Å². The van der Waals surface area contributed by atoms with Crippen molar-refractivity contribution in [2.45, 2.75) is 13.8 Å². The van der Waals surface area contributed by atoms with E-state index in [2.05, 4.69) is 15.3 Å². The molecule has 0 aromatic carbocycles. The van der Waals surface area contributed by atoms with Gasteiger partial charge < -0.3 is 0 Å². The van der Waals surface area contributed by atoms with Crippen LogP contribution in [0.1, 0.15) is 11.4 Å². The van der Waals surface area contributed by atoms with Gasteiger partial charge in [0.2, 0.25) is 0 Å². The van der Waals surface area contributed by atoms with Crippen molar-refractivity contribution in [1.82, 2.24) is 20.0 Å². The average Bonchev–Trinajstić information content (AvgIpc) is 2.61. The Kier molecular flexibility index (Phi) is 1.69. The maximum absolute atomic E-state index is 4.33. The normalized spacial score (nSPS) is 10.7. The molecule has 4 nitrogen and oxygen atoms in total. The van der Waals surface area contributed by atoms with Crippen LogP contribution in [0, 0.1) is 13.8 Å². The van der Waals surface area contributed by atoms with E-state index < -0.39 is 0 Å². The third kappa shape index (κ3) is 1.35. The number of H-pyrrole nitrogens is 1. The Labute approximate surface area is 76.6 Å². The van der Waals surface area contributed by atoms with Gasteiger partial charge in [-0.25, -0.2) is 0 Å². The van der Waals surface area contributed by atoms with Crippen LogP contribution in [0.4, 0.5) is 0 Å². The van der Waals surface area contributed by atoms with Crippen LogP contribution in [0.2, 0.25) is 0 Å². The number of hydrogen-bond donors (Lipinski definition) is 1. The van der Waals surface area contributed by atoms with Crippen LogP contribution >= 0.6 is 0 Å². The Morgan fingerprint density at radius 2 is 2.00 bits per heavy atom. The monoisotopic (exact) mass is 176 g/mol. The summed E-state index contributed by atoms with van der Waals surface area (Å²) in [5.74, 6) is 0. The summed E-state index contributed by atoms with van der Waals surface area (Å²) < 4.78 is 1.85. The van der Waals surface area contributed by atoms with Gasteiger partial charge in [-0.05, 0) is 26.0 Å². The number of rotatable bonds is 1. The smallest absolute Gasteiger partial charge is 0.113 e. The summed E-state index contributed by atoms with van der Waals surface area (Å²) in [5, 5.41) is 11.4. The maximum Gasteiger partial charge on any atom is 0.113 e. The number of hydrogen-bond acceptors (Lipinski definition) is 2. The zero-order valence-corrected chi connectivity index (χ0v) is 8.00. The molecule has 0 aliphatic heterocycles. The van der Waals surface area contributed by atoms with Crippen LogP contribution in [-0.2, 0) is 7.05 Å². The molecule has 4 heteroatoms. The van der Waals surface area contributed by atoms with Crippen LogP contribution in [0.3, 0.4) is 0 Å². The molecule has 0 unspecified atom stereocenters. The van der Waals surface area contributed by atoms with Gasteiger partial charge in [0.15, 0.2) is 0 Å². The molecule has 2 rings (SSSR count). The van der Waals surface area contributed by atoms with Gasteiger partial charge in [-0.1, -0.05) is 0 Å². The lowest BCUT2D eigenvalue weighted by molar-refractivity contribution is 0.742. The highest BCUT2D eigenvalue weighted by atomic mass is 15.3. The standard InChI is InChI=1S/C9H12N4/c1-6-4-8(11-10-6)9-5-7(2)13(3)12-9/h4-5H,1-3H3,(H,10,11). The summed E-state index contributed by atoms with van der Waals surface area (Å²) in [7, 11) is 1.93. The lowest BCUT2D eigenvalue weighted by Gasteiger charge is -1.88. The number of aryl methyl sites for hydroxylation is 3. The molecule has 0 saturated heterocycles. The first kappa shape index (κ1) is 8.04. The fourth-order valence-electron chi connectivity index (χ4n) is 1.24. The predicted molar refractivity (Wildman–Crippen MR) is 50.3 cm³/mol. The van der Waals surface area contributed by atoms with Crippen molar-refractivity contribution < 1.29 is 0 Å². The second-order valence-electron chi connectivity index (χ2n) is 3.23. The summed E-state index contributed by atoms with van der Waals surface area (Å²) in [6.45, 7) is 4.00. The number of aromatic nitrogens is 4. The minimum absolute atomic E-state index is 0.904. The summed E-state index contributed by atoms with van der Waals surface area (Å²) in [6.07, 6.45) is 0. The molecule has 0 spiro atoms. The first-order valence-corrected chi connectivity index (χ1v) is 4.20. The van der Waals surface area contributed by atoms with Crippen molar-refractivity contribution in [2.24, 2.45) is 7.05 Å². The topological polar surface area (TPSA) is 46.5 Å². The maximum atomic E-state index is 4.33. The third-order valence-corrected chi connectivity index (χ3v) is 2.08. The fourth-order valence-corrected chi connectivity index (χ4v) is 1.24. The van der Waals surface area contributed by atoms with Gasteiger partial charge in [-0.2, -0.15) is 10.2 Å². The zero-order valence-electron chi connectivity index (χ0n) is 8.00. The Hall–Kier alpha value is -1.58. The van der Waals surface area contributed by atoms with E-state index in [0.717, 1.165) is 22.8 Å². The zero-order chi connectivity index (χ0) is 9.42. The minimum atomic E-state index is 0.904. The number of nitrogens with one attached hydrogen (secondary N) is 1. The van der Waals surface area contributed by atoms with E-state index in [1.54, 1.807) is 0 Å². The molecule has 2 aromatic heterocycles. The SMILES string of the molecule is Cc1cc(-c2cc(C)n(C)n2)n[nH]1. The Morgan fingerprint density at radius 3 is 2.46 bits per heavy atom. The van der Waals surface area contributed by atoms with Crippen molar-refractivity contribution in [3.8, 4) is 11.4 Å². The van der Waals surface area contributed by atoms with Crippen molar-refractivity contribution in [3.63, 3.8) is 0 Å². The van der Waals surface area contributed by atoms with Gasteiger partial charge in [-0.15, -0.1) is 0 Å². The summed E-state index contributed by atoms with van der Waals surface area (Å²) in [5.41, 5.74) is 4.01. The molecule has 0 fully saturated rings. The summed E-state index contributed by atoms with van der Waals surface area (Å²) >= 11 is 0. The third-order valence-electron chi connectivity index (χ3n) is 2.08. The molecule has 2 heterocycles. The highest BCUT2D eigenvalue weighted by molar-refractivity contribution is 5.54. The van der Waals surface area contributed by atoms with Crippen LogP contribution in [0.15, 0.2) is 12.1 Å². The van der Waals surface area contributed by atoms with E-state index in [-0.39, 0.29) is 0 Å². The predicted octanol–water partition coefficient (Wildman–Crippen LogP) is 1.43. The molecular formula is C9H12N4. The van der Waals surface area contributed by atoms with Gasteiger partial charge in [0.25, 0.3) is 0 Å². The lowest BCUT2D eigenvalue weighted by Crippen LogP contribution is -1.92. The average molecular weight is 176 g/mol. The molecular weight excluding hydrogens is 164 g/mol. The van der Waals surface area contributed by atoms with Crippen molar-refractivity contribution in [2.75, 3.05) is 0 Å². The minimum Gasteiger partial charge on any atom is -0.282 e. The number of aromatic amines is 1. The highest BCUT2D eigenvalue weighted by Gasteiger charge is 2.06.